The number of fused-ring (bicyclic) bond motifs is 1. The molecule has 0 amide bonds. The molecule has 2 unspecified atom stereocenters. The molecular weight excluding hydrogens is 238 g/mol. The molecule has 0 spiro atoms. The first-order valence-electron chi connectivity index (χ1n) is 6.74. The lowest BCUT2D eigenvalue weighted by molar-refractivity contribution is 0.0670. The molecule has 1 aliphatic rings. The zero-order valence-electron chi connectivity index (χ0n) is 12.2. The number of hydrogen-bond acceptors (Lipinski definition) is 3. The Kier molecular flexibility index (Phi) is 3.85. The van der Waals surface area contributed by atoms with Crippen LogP contribution in [0, 0.1) is 0 Å². The van der Waals surface area contributed by atoms with Crippen molar-refractivity contribution in [2.45, 2.75) is 44.9 Å². The molecule has 2 rings (SSSR count). The number of benzene rings is 1. The third kappa shape index (κ3) is 3.10. The largest absolute Gasteiger partial charge is 0.487 e. The number of rotatable bonds is 4. The molecule has 0 saturated carbocycles. The summed E-state index contributed by atoms with van der Waals surface area (Å²) in [6.45, 7) is 9.91. The average Bonchev–Trinajstić information content (AvgIpc) is 2.36. The number of ether oxygens (including phenoxy) is 2. The maximum atomic E-state index is 6.06. The van der Waals surface area contributed by atoms with Crippen LogP contribution in [0.15, 0.2) is 30.9 Å². The van der Waals surface area contributed by atoms with Crippen LogP contribution in [0.5, 0.6) is 11.5 Å². The summed E-state index contributed by atoms with van der Waals surface area (Å²) in [4.78, 5) is 0. The number of nitrogens with one attached hydrogen (secondary N) is 1. The summed E-state index contributed by atoms with van der Waals surface area (Å²) < 4.78 is 11.8. The van der Waals surface area contributed by atoms with Crippen molar-refractivity contribution in [3.63, 3.8) is 0 Å². The van der Waals surface area contributed by atoms with Gasteiger partial charge in [0, 0.05) is 24.1 Å². The van der Waals surface area contributed by atoms with Crippen LogP contribution in [-0.2, 0) is 0 Å². The molecule has 0 aliphatic carbocycles. The third-order valence-corrected chi connectivity index (χ3v) is 3.44. The van der Waals surface area contributed by atoms with Gasteiger partial charge in [-0.3, -0.25) is 0 Å². The predicted molar refractivity (Wildman–Crippen MR) is 77.9 cm³/mol. The van der Waals surface area contributed by atoms with Crippen LogP contribution in [0.1, 0.15) is 38.8 Å². The van der Waals surface area contributed by atoms with Crippen LogP contribution in [-0.4, -0.2) is 18.8 Å². The lowest BCUT2D eigenvalue weighted by Crippen LogP contribution is -2.38. The molecule has 1 aromatic carbocycles. The minimum Gasteiger partial charge on any atom is -0.487 e. The van der Waals surface area contributed by atoms with Crippen LogP contribution in [0.2, 0.25) is 0 Å². The fraction of sp³-hybridized carbons (Fsp3) is 0.500. The lowest BCUT2D eigenvalue weighted by atomic mass is 9.90. The van der Waals surface area contributed by atoms with E-state index in [4.69, 9.17) is 9.47 Å². The van der Waals surface area contributed by atoms with Gasteiger partial charge in [0.05, 0.1) is 0 Å². The predicted octanol–water partition coefficient (Wildman–Crippen LogP) is 3.46. The van der Waals surface area contributed by atoms with E-state index in [9.17, 15) is 0 Å². The quantitative estimate of drug-likeness (QED) is 0.842. The van der Waals surface area contributed by atoms with Crippen molar-refractivity contribution < 1.29 is 9.47 Å². The topological polar surface area (TPSA) is 30.5 Å². The van der Waals surface area contributed by atoms with Crippen LogP contribution < -0.4 is 14.8 Å². The molecule has 0 saturated heterocycles. The summed E-state index contributed by atoms with van der Waals surface area (Å²) in [5.74, 6) is 1.73. The van der Waals surface area contributed by atoms with Crippen molar-refractivity contribution in [1.82, 2.24) is 5.32 Å². The van der Waals surface area contributed by atoms with Crippen LogP contribution >= 0.6 is 0 Å². The monoisotopic (exact) mass is 261 g/mol. The Morgan fingerprint density at radius 3 is 2.89 bits per heavy atom. The molecule has 0 bridgehead atoms. The van der Waals surface area contributed by atoms with Crippen molar-refractivity contribution in [3.05, 3.63) is 36.4 Å². The van der Waals surface area contributed by atoms with Crippen molar-refractivity contribution in [2.24, 2.45) is 0 Å². The van der Waals surface area contributed by atoms with E-state index >= 15 is 0 Å². The van der Waals surface area contributed by atoms with Crippen molar-refractivity contribution in [1.29, 1.82) is 0 Å². The van der Waals surface area contributed by atoms with Gasteiger partial charge in [-0.2, -0.15) is 0 Å². The van der Waals surface area contributed by atoms with Gasteiger partial charge in [-0.15, -0.1) is 0 Å². The van der Waals surface area contributed by atoms with E-state index in [1.54, 1.807) is 6.08 Å². The van der Waals surface area contributed by atoms with Crippen LogP contribution in [0.3, 0.4) is 0 Å². The van der Waals surface area contributed by atoms with Gasteiger partial charge in [-0.25, -0.2) is 0 Å². The summed E-state index contributed by atoms with van der Waals surface area (Å²) >= 11 is 0. The molecule has 104 valence electrons. The van der Waals surface area contributed by atoms with E-state index in [-0.39, 0.29) is 11.7 Å². The van der Waals surface area contributed by atoms with E-state index in [2.05, 4.69) is 31.8 Å². The highest BCUT2D eigenvalue weighted by atomic mass is 16.5. The second-order valence-electron chi connectivity index (χ2n) is 5.67. The Morgan fingerprint density at radius 1 is 1.53 bits per heavy atom. The van der Waals surface area contributed by atoms with Gasteiger partial charge in [0.25, 0.3) is 0 Å². The molecule has 3 heteroatoms. The van der Waals surface area contributed by atoms with Gasteiger partial charge in [0.15, 0.2) is 0 Å². The molecule has 0 radical (unpaired) electrons. The highest BCUT2D eigenvalue weighted by Gasteiger charge is 2.33. The second kappa shape index (κ2) is 5.25. The van der Waals surface area contributed by atoms with Crippen molar-refractivity contribution in [3.8, 4) is 11.5 Å². The highest BCUT2D eigenvalue weighted by molar-refractivity contribution is 5.44. The SMILES string of the molecule is C=CC(C)Oc1ccc2c(c1)OC(C)(C)CC2NC. The fourth-order valence-electron chi connectivity index (χ4n) is 2.43. The van der Waals surface area contributed by atoms with E-state index < -0.39 is 0 Å². The fourth-order valence-corrected chi connectivity index (χ4v) is 2.43. The summed E-state index contributed by atoms with van der Waals surface area (Å²) in [5.41, 5.74) is 1.03. The molecule has 1 aliphatic heterocycles. The van der Waals surface area contributed by atoms with E-state index in [1.165, 1.54) is 5.56 Å². The Bertz CT molecular complexity index is 468. The van der Waals surface area contributed by atoms with E-state index in [1.807, 2.05) is 26.1 Å². The summed E-state index contributed by atoms with van der Waals surface area (Å²) in [7, 11) is 1.99. The normalized spacial score (nSPS) is 22.0. The van der Waals surface area contributed by atoms with Gasteiger partial charge < -0.3 is 14.8 Å². The minimum absolute atomic E-state index is 0.00486. The van der Waals surface area contributed by atoms with Crippen LogP contribution in [0.25, 0.3) is 0 Å². The van der Waals surface area contributed by atoms with Crippen LogP contribution in [0.4, 0.5) is 0 Å². The Balaban J connectivity index is 2.30. The first-order chi connectivity index (χ1) is 8.95. The van der Waals surface area contributed by atoms with Crippen molar-refractivity contribution in [2.75, 3.05) is 7.05 Å². The van der Waals surface area contributed by atoms with Gasteiger partial charge in [0.1, 0.15) is 23.2 Å². The molecule has 1 N–H and O–H groups in total. The average molecular weight is 261 g/mol. The summed E-state index contributed by atoms with van der Waals surface area (Å²) in [5, 5.41) is 3.35. The Labute approximate surface area is 115 Å². The first-order valence-corrected chi connectivity index (χ1v) is 6.74. The summed E-state index contributed by atoms with van der Waals surface area (Å²) in [6, 6.07) is 6.37. The molecule has 3 nitrogen and oxygen atoms in total. The molecule has 0 fully saturated rings. The first kappa shape index (κ1) is 13.9. The number of hydrogen-bond donors (Lipinski definition) is 1. The van der Waals surface area contributed by atoms with Gasteiger partial charge >= 0.3 is 0 Å². The van der Waals surface area contributed by atoms with Crippen molar-refractivity contribution >= 4 is 0 Å². The lowest BCUT2D eigenvalue weighted by Gasteiger charge is -2.37. The molecule has 1 aromatic rings. The molecule has 2 atom stereocenters. The van der Waals surface area contributed by atoms with E-state index in [0.29, 0.717) is 6.04 Å². The highest BCUT2D eigenvalue weighted by Crippen LogP contribution is 2.41. The molecule has 1 heterocycles. The maximum absolute atomic E-state index is 6.06. The van der Waals surface area contributed by atoms with Gasteiger partial charge in [-0.05, 0) is 33.9 Å². The molecular formula is C16H23NO2. The molecule has 19 heavy (non-hydrogen) atoms. The summed E-state index contributed by atoms with van der Waals surface area (Å²) in [6.07, 6.45) is 2.73. The zero-order valence-corrected chi connectivity index (χ0v) is 12.2. The Hall–Kier alpha value is -1.48. The maximum Gasteiger partial charge on any atom is 0.128 e. The van der Waals surface area contributed by atoms with E-state index in [0.717, 1.165) is 17.9 Å². The smallest absolute Gasteiger partial charge is 0.128 e. The Morgan fingerprint density at radius 2 is 2.26 bits per heavy atom. The van der Waals surface area contributed by atoms with Gasteiger partial charge in [0.2, 0.25) is 0 Å². The zero-order chi connectivity index (χ0) is 14.0. The van der Waals surface area contributed by atoms with Gasteiger partial charge in [-0.1, -0.05) is 18.7 Å². The second-order valence-corrected chi connectivity index (χ2v) is 5.67. The third-order valence-electron chi connectivity index (χ3n) is 3.44. The molecule has 0 aromatic heterocycles. The standard InChI is InChI=1S/C16H23NO2/c1-6-11(2)18-12-7-8-13-14(17-5)10-16(3,4)19-15(13)9-12/h6-9,11,14,17H,1,10H2,2-5H3. The minimum atomic E-state index is -0.163.